The molecular weight excluding hydrogens is 529 g/mol. The van der Waals surface area contributed by atoms with Crippen molar-refractivity contribution in [2.75, 3.05) is 46.3 Å². The SMILES string of the molecule is CN=C(NCCN1CCN(C(=O)C2CCCC2)CC1)NCc1ccccc1OC(C)(C)C.I. The van der Waals surface area contributed by atoms with Gasteiger partial charge >= 0.3 is 0 Å². The highest BCUT2D eigenvalue weighted by atomic mass is 127. The highest BCUT2D eigenvalue weighted by molar-refractivity contribution is 14.0. The van der Waals surface area contributed by atoms with E-state index in [1.54, 1.807) is 7.05 Å². The molecule has 1 amide bonds. The van der Waals surface area contributed by atoms with Crippen molar-refractivity contribution in [2.24, 2.45) is 10.9 Å². The normalized spacial score (nSPS) is 18.1. The molecule has 0 spiro atoms. The van der Waals surface area contributed by atoms with Crippen LogP contribution < -0.4 is 15.4 Å². The third-order valence-electron chi connectivity index (χ3n) is 6.17. The molecule has 0 atom stereocenters. The summed E-state index contributed by atoms with van der Waals surface area (Å²) in [4.78, 5) is 21.5. The maximum atomic E-state index is 12.6. The van der Waals surface area contributed by atoms with Gasteiger partial charge in [-0.1, -0.05) is 31.0 Å². The Labute approximate surface area is 216 Å². The lowest BCUT2D eigenvalue weighted by Gasteiger charge is -2.36. The number of carbonyl (C=O) groups excluding carboxylic acids is 1. The Bertz CT molecular complexity index is 766. The predicted molar refractivity (Wildman–Crippen MR) is 145 cm³/mol. The number of aliphatic imine (C=N–C) groups is 1. The number of ether oxygens (including phenoxy) is 1. The summed E-state index contributed by atoms with van der Waals surface area (Å²) in [6.45, 7) is 12.2. The topological polar surface area (TPSA) is 69.2 Å². The van der Waals surface area contributed by atoms with Crippen LogP contribution in [0.5, 0.6) is 5.75 Å². The molecule has 1 aliphatic carbocycles. The number of carbonyl (C=O) groups is 1. The van der Waals surface area contributed by atoms with Crippen molar-refractivity contribution in [3.8, 4) is 5.75 Å². The van der Waals surface area contributed by atoms with Gasteiger partial charge in [0.25, 0.3) is 0 Å². The van der Waals surface area contributed by atoms with E-state index in [4.69, 9.17) is 4.74 Å². The second-order valence-electron chi connectivity index (χ2n) is 9.82. The van der Waals surface area contributed by atoms with Crippen LogP contribution in [0.15, 0.2) is 29.3 Å². The monoisotopic (exact) mass is 571 g/mol. The molecule has 7 nitrogen and oxygen atoms in total. The molecule has 2 N–H and O–H groups in total. The lowest BCUT2D eigenvalue weighted by atomic mass is 10.1. The summed E-state index contributed by atoms with van der Waals surface area (Å²) in [6, 6.07) is 8.11. The van der Waals surface area contributed by atoms with Crippen molar-refractivity contribution in [3.05, 3.63) is 29.8 Å². The molecule has 0 aromatic heterocycles. The smallest absolute Gasteiger partial charge is 0.225 e. The fraction of sp³-hybridized carbons (Fsp3) is 0.680. The molecule has 0 radical (unpaired) electrons. The Hall–Kier alpha value is -1.55. The summed E-state index contributed by atoms with van der Waals surface area (Å²) in [7, 11) is 1.79. The fourth-order valence-electron chi connectivity index (χ4n) is 4.43. The second kappa shape index (κ2) is 13.4. The van der Waals surface area contributed by atoms with Crippen LogP contribution in [0.3, 0.4) is 0 Å². The van der Waals surface area contributed by atoms with Crippen molar-refractivity contribution in [3.63, 3.8) is 0 Å². The van der Waals surface area contributed by atoms with Crippen LogP contribution in [0.2, 0.25) is 0 Å². The van der Waals surface area contributed by atoms with E-state index in [2.05, 4.69) is 52.3 Å². The number of hydrogen-bond donors (Lipinski definition) is 2. The average molecular weight is 572 g/mol. The molecule has 1 aliphatic heterocycles. The number of hydrogen-bond acceptors (Lipinski definition) is 4. The van der Waals surface area contributed by atoms with Crippen molar-refractivity contribution in [1.29, 1.82) is 0 Å². The molecule has 1 aromatic carbocycles. The summed E-state index contributed by atoms with van der Waals surface area (Å²) >= 11 is 0. The average Bonchev–Trinajstić information content (AvgIpc) is 3.31. The van der Waals surface area contributed by atoms with Gasteiger partial charge in [0.2, 0.25) is 5.91 Å². The number of benzene rings is 1. The van der Waals surface area contributed by atoms with Gasteiger partial charge in [0.1, 0.15) is 11.4 Å². The largest absolute Gasteiger partial charge is 0.488 e. The third-order valence-corrected chi connectivity index (χ3v) is 6.17. The van der Waals surface area contributed by atoms with Gasteiger partial charge in [-0.25, -0.2) is 0 Å². The van der Waals surface area contributed by atoms with Gasteiger partial charge < -0.3 is 20.3 Å². The van der Waals surface area contributed by atoms with Crippen molar-refractivity contribution in [2.45, 2.75) is 58.6 Å². The van der Waals surface area contributed by atoms with Gasteiger partial charge in [0, 0.05) is 64.3 Å². The number of nitrogens with one attached hydrogen (secondary N) is 2. The van der Waals surface area contributed by atoms with E-state index in [0.29, 0.717) is 12.5 Å². The first-order valence-corrected chi connectivity index (χ1v) is 12.1. The van der Waals surface area contributed by atoms with Crippen LogP contribution >= 0.6 is 24.0 Å². The minimum absolute atomic E-state index is 0. The molecule has 3 rings (SSSR count). The van der Waals surface area contributed by atoms with Crippen molar-refractivity contribution in [1.82, 2.24) is 20.4 Å². The highest BCUT2D eigenvalue weighted by Crippen LogP contribution is 2.27. The molecule has 186 valence electrons. The van der Waals surface area contributed by atoms with Crippen molar-refractivity contribution >= 4 is 35.8 Å². The summed E-state index contributed by atoms with van der Waals surface area (Å²) < 4.78 is 6.08. The number of para-hydroxylation sites is 1. The lowest BCUT2D eigenvalue weighted by molar-refractivity contribution is -0.137. The maximum Gasteiger partial charge on any atom is 0.225 e. The molecule has 0 unspecified atom stereocenters. The standard InChI is InChI=1S/C25H41N5O2.HI/c1-25(2,3)32-22-12-8-7-11-21(22)19-28-24(26-4)27-13-14-29-15-17-30(18-16-29)23(31)20-9-5-6-10-20;/h7-8,11-12,20H,5-6,9-10,13-19H2,1-4H3,(H2,26,27,28);1H. The molecular formula is C25H42IN5O2. The van der Waals surface area contributed by atoms with E-state index < -0.39 is 0 Å². The van der Waals surface area contributed by atoms with Gasteiger partial charge in [-0.2, -0.15) is 0 Å². The fourth-order valence-corrected chi connectivity index (χ4v) is 4.43. The van der Waals surface area contributed by atoms with Crippen molar-refractivity contribution < 1.29 is 9.53 Å². The van der Waals surface area contributed by atoms with Crippen LogP contribution in [-0.2, 0) is 11.3 Å². The van der Waals surface area contributed by atoms with E-state index in [1.165, 1.54) is 12.8 Å². The minimum atomic E-state index is -0.234. The van der Waals surface area contributed by atoms with E-state index >= 15 is 0 Å². The number of halogens is 1. The Morgan fingerprint density at radius 2 is 1.76 bits per heavy atom. The Morgan fingerprint density at radius 1 is 1.09 bits per heavy atom. The minimum Gasteiger partial charge on any atom is -0.488 e. The highest BCUT2D eigenvalue weighted by Gasteiger charge is 2.29. The van der Waals surface area contributed by atoms with Crippen LogP contribution in [0.25, 0.3) is 0 Å². The van der Waals surface area contributed by atoms with E-state index in [-0.39, 0.29) is 35.5 Å². The summed E-state index contributed by atoms with van der Waals surface area (Å²) in [5.74, 6) is 2.36. The first-order chi connectivity index (χ1) is 15.4. The second-order valence-corrected chi connectivity index (χ2v) is 9.82. The molecule has 0 bridgehead atoms. The van der Waals surface area contributed by atoms with Crippen LogP contribution in [0.1, 0.15) is 52.0 Å². The van der Waals surface area contributed by atoms with E-state index in [0.717, 1.165) is 69.4 Å². The predicted octanol–water partition coefficient (Wildman–Crippen LogP) is 3.48. The Kier molecular flexibility index (Phi) is 11.2. The molecule has 2 fully saturated rings. The first-order valence-electron chi connectivity index (χ1n) is 12.1. The van der Waals surface area contributed by atoms with Crippen LogP contribution in [0, 0.1) is 5.92 Å². The maximum absolute atomic E-state index is 12.6. The molecule has 1 saturated heterocycles. The van der Waals surface area contributed by atoms with Gasteiger partial charge in [-0.15, -0.1) is 24.0 Å². The van der Waals surface area contributed by atoms with Gasteiger partial charge in [-0.05, 0) is 39.7 Å². The molecule has 8 heteroatoms. The summed E-state index contributed by atoms with van der Waals surface area (Å²) in [6.07, 6.45) is 4.60. The Morgan fingerprint density at radius 3 is 2.39 bits per heavy atom. The zero-order valence-electron chi connectivity index (χ0n) is 20.7. The van der Waals surface area contributed by atoms with Gasteiger partial charge in [0.05, 0.1) is 0 Å². The first kappa shape index (κ1) is 27.7. The van der Waals surface area contributed by atoms with E-state index in [1.807, 2.05) is 18.2 Å². The molecule has 33 heavy (non-hydrogen) atoms. The number of rotatable bonds is 7. The van der Waals surface area contributed by atoms with Gasteiger partial charge in [0.15, 0.2) is 5.96 Å². The van der Waals surface area contributed by atoms with Crippen LogP contribution in [-0.4, -0.2) is 73.6 Å². The number of guanidine groups is 1. The third kappa shape index (κ3) is 8.96. The summed E-state index contributed by atoms with van der Waals surface area (Å²) in [5, 5.41) is 6.80. The number of amides is 1. The Balaban J connectivity index is 0.00000385. The van der Waals surface area contributed by atoms with E-state index in [9.17, 15) is 4.79 Å². The number of nitrogens with zero attached hydrogens (tertiary/aromatic N) is 3. The lowest BCUT2D eigenvalue weighted by Crippen LogP contribution is -2.51. The quantitative estimate of drug-likeness (QED) is 0.298. The number of piperazine rings is 1. The molecule has 1 aromatic rings. The molecule has 1 heterocycles. The molecule has 1 saturated carbocycles. The van der Waals surface area contributed by atoms with Gasteiger partial charge in [-0.3, -0.25) is 14.7 Å². The van der Waals surface area contributed by atoms with Crippen LogP contribution in [0.4, 0.5) is 0 Å². The summed E-state index contributed by atoms with van der Waals surface area (Å²) in [5.41, 5.74) is 0.871. The zero-order chi connectivity index (χ0) is 23.0. The zero-order valence-corrected chi connectivity index (χ0v) is 23.1. The molecule has 2 aliphatic rings.